The molecule has 33 heavy (non-hydrogen) atoms. The van der Waals surface area contributed by atoms with Gasteiger partial charge in [0.2, 0.25) is 0 Å². The van der Waals surface area contributed by atoms with Crippen LogP contribution in [-0.2, 0) is 6.54 Å². The second-order valence-electron chi connectivity index (χ2n) is 8.42. The Bertz CT molecular complexity index is 1370. The van der Waals surface area contributed by atoms with Crippen molar-refractivity contribution >= 4 is 28.7 Å². The van der Waals surface area contributed by atoms with Crippen LogP contribution in [0, 0.1) is 6.92 Å². The first-order chi connectivity index (χ1) is 16.0. The smallest absolute Gasteiger partial charge is 0.404 e. The maximum Gasteiger partial charge on any atom is 0.404 e. The molecule has 4 aromatic rings. The number of carboxylic acid groups (broad SMARTS) is 1. The van der Waals surface area contributed by atoms with Gasteiger partial charge in [0.05, 0.1) is 5.69 Å². The van der Waals surface area contributed by atoms with Gasteiger partial charge in [0.15, 0.2) is 0 Å². The van der Waals surface area contributed by atoms with Crippen LogP contribution >= 0.6 is 0 Å². The molecule has 0 aliphatic carbocycles. The van der Waals surface area contributed by atoms with Gasteiger partial charge in [0.25, 0.3) is 5.91 Å². The fourth-order valence-electron chi connectivity index (χ4n) is 4.78. The number of hydrogen-bond acceptors (Lipinski definition) is 4. The molecular weight excluding hydrogens is 420 g/mol. The Balaban J connectivity index is 1.49. The molecule has 5 rings (SSSR count). The molecule has 1 aliphatic rings. The average molecular weight is 447 g/mol. The number of nitrogens with zero attached hydrogens (tertiary/aromatic N) is 5. The Hall–Kier alpha value is -3.88. The number of amides is 2. The molecule has 4 aromatic heterocycles. The van der Waals surface area contributed by atoms with E-state index in [2.05, 4.69) is 27.9 Å². The molecule has 0 bridgehead atoms. The van der Waals surface area contributed by atoms with Gasteiger partial charge in [-0.1, -0.05) is 0 Å². The second kappa shape index (κ2) is 8.23. The Morgan fingerprint density at radius 2 is 2.12 bits per heavy atom. The van der Waals surface area contributed by atoms with Crippen molar-refractivity contribution < 1.29 is 14.7 Å². The van der Waals surface area contributed by atoms with Gasteiger partial charge in [-0.15, -0.1) is 0 Å². The van der Waals surface area contributed by atoms with Crippen LogP contribution in [0.25, 0.3) is 28.1 Å². The maximum atomic E-state index is 13.2. The van der Waals surface area contributed by atoms with Crippen molar-refractivity contribution in [2.24, 2.45) is 0 Å². The zero-order chi connectivity index (χ0) is 23.1. The van der Waals surface area contributed by atoms with E-state index in [1.54, 1.807) is 17.2 Å². The number of hydrogen-bond donors (Lipinski definition) is 2. The zero-order valence-corrected chi connectivity index (χ0v) is 18.7. The van der Waals surface area contributed by atoms with Crippen LogP contribution in [0.5, 0.6) is 0 Å². The first-order valence-electron chi connectivity index (χ1n) is 11.2. The van der Waals surface area contributed by atoms with E-state index in [0.717, 1.165) is 47.5 Å². The van der Waals surface area contributed by atoms with E-state index < -0.39 is 6.09 Å². The highest BCUT2D eigenvalue weighted by Gasteiger charge is 2.26. The van der Waals surface area contributed by atoms with Crippen molar-refractivity contribution in [1.82, 2.24) is 29.2 Å². The number of carbonyl (C=O) groups is 2. The molecule has 9 nitrogen and oxygen atoms in total. The van der Waals surface area contributed by atoms with E-state index in [1.807, 2.05) is 35.7 Å². The minimum absolute atomic E-state index is 0.108. The summed E-state index contributed by atoms with van der Waals surface area (Å²) in [6.45, 7) is 5.87. The molecule has 1 fully saturated rings. The SMILES string of the molecule is CCn1c(-c2nc3cc(C(=O)N4CCC[C@@H](NC(=O)O)C4)ccn3c2C)cc2cccnc21. The van der Waals surface area contributed by atoms with Crippen LogP contribution in [-0.4, -0.2) is 60.1 Å². The van der Waals surface area contributed by atoms with Crippen molar-refractivity contribution in [3.8, 4) is 11.4 Å². The van der Waals surface area contributed by atoms with E-state index in [4.69, 9.17) is 10.1 Å². The molecular formula is C24H26N6O3. The van der Waals surface area contributed by atoms with Gasteiger partial charge in [-0.2, -0.15) is 0 Å². The molecule has 9 heteroatoms. The quantitative estimate of drug-likeness (QED) is 0.499. The lowest BCUT2D eigenvalue weighted by molar-refractivity contribution is 0.0692. The number of nitrogens with one attached hydrogen (secondary N) is 1. The first kappa shape index (κ1) is 21.0. The molecule has 0 spiro atoms. The number of aromatic nitrogens is 4. The molecule has 0 aromatic carbocycles. The number of rotatable bonds is 4. The summed E-state index contributed by atoms with van der Waals surface area (Å²) in [5, 5.41) is 12.6. The molecule has 2 amide bonds. The molecule has 170 valence electrons. The molecule has 0 unspecified atom stereocenters. The van der Waals surface area contributed by atoms with Gasteiger partial charge in [-0.3, -0.25) is 4.79 Å². The van der Waals surface area contributed by atoms with Gasteiger partial charge in [-0.05, 0) is 57.0 Å². The van der Waals surface area contributed by atoms with Crippen molar-refractivity contribution in [1.29, 1.82) is 0 Å². The van der Waals surface area contributed by atoms with Crippen LogP contribution < -0.4 is 5.32 Å². The number of likely N-dealkylation sites (tertiary alicyclic amines) is 1. The van der Waals surface area contributed by atoms with E-state index in [0.29, 0.717) is 24.3 Å². The van der Waals surface area contributed by atoms with Crippen molar-refractivity contribution in [2.75, 3.05) is 13.1 Å². The van der Waals surface area contributed by atoms with Gasteiger partial charge in [-0.25, -0.2) is 14.8 Å². The number of piperidine rings is 1. The summed E-state index contributed by atoms with van der Waals surface area (Å²) in [7, 11) is 0. The molecule has 1 atom stereocenters. The minimum atomic E-state index is -1.06. The topological polar surface area (TPSA) is 105 Å². The highest BCUT2D eigenvalue weighted by Crippen LogP contribution is 2.30. The predicted molar refractivity (Wildman–Crippen MR) is 124 cm³/mol. The summed E-state index contributed by atoms with van der Waals surface area (Å²) in [5.74, 6) is -0.108. The van der Waals surface area contributed by atoms with Crippen LogP contribution in [0.3, 0.4) is 0 Å². The Kier molecular flexibility index (Phi) is 5.24. The number of carbonyl (C=O) groups excluding carboxylic acids is 1. The third kappa shape index (κ3) is 3.69. The average Bonchev–Trinajstić information content (AvgIpc) is 3.35. The summed E-state index contributed by atoms with van der Waals surface area (Å²) in [5.41, 5.74) is 5.03. The van der Waals surface area contributed by atoms with Crippen LogP contribution in [0.2, 0.25) is 0 Å². The van der Waals surface area contributed by atoms with Gasteiger partial charge in [0, 0.05) is 54.7 Å². The fraction of sp³-hybridized carbons (Fsp3) is 0.333. The first-order valence-corrected chi connectivity index (χ1v) is 11.2. The van der Waals surface area contributed by atoms with Crippen molar-refractivity contribution in [3.05, 3.63) is 54.0 Å². The van der Waals surface area contributed by atoms with Crippen LogP contribution in [0.4, 0.5) is 4.79 Å². The summed E-state index contributed by atoms with van der Waals surface area (Å²) in [4.78, 5) is 35.3. The molecule has 1 aliphatic heterocycles. The highest BCUT2D eigenvalue weighted by molar-refractivity contribution is 5.95. The van der Waals surface area contributed by atoms with Crippen molar-refractivity contribution in [3.63, 3.8) is 0 Å². The summed E-state index contributed by atoms with van der Waals surface area (Å²) < 4.78 is 4.14. The number of fused-ring (bicyclic) bond motifs is 2. The standard InChI is InChI=1S/C24H26N6O3/c1-3-29-19(12-16-6-4-9-25-22(16)29)21-15(2)30-11-8-17(13-20(30)27-21)23(31)28-10-5-7-18(14-28)26-24(32)33/h4,6,8-9,11-13,18,26H,3,5,7,10,14H2,1-2H3,(H,32,33)/t18-/m1/s1. The highest BCUT2D eigenvalue weighted by atomic mass is 16.4. The van der Waals surface area contributed by atoms with E-state index in [-0.39, 0.29) is 11.9 Å². The fourth-order valence-corrected chi connectivity index (χ4v) is 4.78. The molecule has 0 saturated carbocycles. The predicted octanol–water partition coefficient (Wildman–Crippen LogP) is 3.55. The lowest BCUT2D eigenvalue weighted by Gasteiger charge is -2.32. The third-order valence-corrected chi connectivity index (χ3v) is 6.36. The molecule has 5 heterocycles. The third-order valence-electron chi connectivity index (χ3n) is 6.36. The van der Waals surface area contributed by atoms with Crippen LogP contribution in [0.15, 0.2) is 42.7 Å². The lowest BCUT2D eigenvalue weighted by atomic mass is 10.0. The second-order valence-corrected chi connectivity index (χ2v) is 8.42. The maximum absolute atomic E-state index is 13.2. The van der Waals surface area contributed by atoms with E-state index >= 15 is 0 Å². The minimum Gasteiger partial charge on any atom is -0.465 e. The van der Waals surface area contributed by atoms with E-state index in [9.17, 15) is 9.59 Å². The summed E-state index contributed by atoms with van der Waals surface area (Å²) in [6, 6.07) is 9.45. The molecule has 2 N–H and O–H groups in total. The monoisotopic (exact) mass is 446 g/mol. The van der Waals surface area contributed by atoms with Gasteiger partial charge >= 0.3 is 6.09 Å². The van der Waals surface area contributed by atoms with Crippen molar-refractivity contribution in [2.45, 2.75) is 39.3 Å². The Morgan fingerprint density at radius 3 is 2.91 bits per heavy atom. The number of pyridine rings is 2. The van der Waals surface area contributed by atoms with Gasteiger partial charge in [0.1, 0.15) is 17.0 Å². The van der Waals surface area contributed by atoms with Gasteiger partial charge < -0.3 is 24.3 Å². The molecule has 1 saturated heterocycles. The lowest BCUT2D eigenvalue weighted by Crippen LogP contribution is -2.49. The number of aryl methyl sites for hydroxylation is 2. The zero-order valence-electron chi connectivity index (χ0n) is 18.7. The largest absolute Gasteiger partial charge is 0.465 e. The van der Waals surface area contributed by atoms with E-state index in [1.165, 1.54) is 0 Å². The molecule has 0 radical (unpaired) electrons. The van der Waals surface area contributed by atoms with Crippen LogP contribution in [0.1, 0.15) is 35.8 Å². The summed E-state index contributed by atoms with van der Waals surface area (Å²) >= 11 is 0. The Labute approximate surface area is 190 Å². The number of imidazole rings is 1. The normalized spacial score (nSPS) is 16.4. The summed E-state index contributed by atoms with van der Waals surface area (Å²) in [6.07, 6.45) is 4.11. The Morgan fingerprint density at radius 1 is 1.27 bits per heavy atom.